The second-order valence-corrected chi connectivity index (χ2v) is 4.79. The molecule has 8 nitrogen and oxygen atoms in total. The Balaban J connectivity index is 2.38. The van der Waals surface area contributed by atoms with Gasteiger partial charge in [0.05, 0.1) is 18.2 Å². The first-order valence-corrected chi connectivity index (χ1v) is 6.88. The zero-order valence-corrected chi connectivity index (χ0v) is 11.6. The molecule has 0 spiro atoms. The molecule has 1 rings (SSSR count). The highest BCUT2D eigenvalue weighted by Crippen LogP contribution is 2.09. The van der Waals surface area contributed by atoms with Crippen LogP contribution in [0.5, 0.6) is 0 Å². The molecular weight excluding hydrogens is 286 g/mol. The number of carbonyl (C=O) groups is 2. The lowest BCUT2D eigenvalue weighted by molar-refractivity contribution is 0.0691. The van der Waals surface area contributed by atoms with Gasteiger partial charge < -0.3 is 25.5 Å². The van der Waals surface area contributed by atoms with Gasteiger partial charge in [-0.05, 0) is 0 Å². The number of urea groups is 1. The van der Waals surface area contributed by atoms with E-state index in [-0.39, 0.29) is 38.0 Å². The molecule has 9 heteroatoms. The smallest absolute Gasteiger partial charge is 0.355 e. The number of aliphatic hydroxyl groups excluding tert-OH is 2. The van der Waals surface area contributed by atoms with Gasteiger partial charge in [-0.1, -0.05) is 0 Å². The summed E-state index contributed by atoms with van der Waals surface area (Å²) in [6.07, 6.45) is 0.426. The number of hydrogen-bond acceptors (Lipinski definition) is 6. The molecule has 0 aromatic carbocycles. The molecular formula is C11H17N3O5S. The van der Waals surface area contributed by atoms with E-state index in [0.717, 1.165) is 0 Å². The normalized spacial score (nSPS) is 10.3. The molecule has 0 aliphatic rings. The molecule has 0 atom stereocenters. The minimum absolute atomic E-state index is 0.00138. The van der Waals surface area contributed by atoms with Gasteiger partial charge in [0, 0.05) is 31.4 Å². The van der Waals surface area contributed by atoms with Crippen molar-refractivity contribution in [3.8, 4) is 0 Å². The molecule has 0 bridgehead atoms. The number of aliphatic hydroxyl groups is 2. The molecule has 0 unspecified atom stereocenters. The third kappa shape index (κ3) is 5.11. The number of aromatic nitrogens is 1. The molecule has 0 saturated heterocycles. The van der Waals surface area contributed by atoms with Crippen LogP contribution in [0, 0.1) is 0 Å². The van der Waals surface area contributed by atoms with Crippen LogP contribution in [0.3, 0.4) is 0 Å². The van der Waals surface area contributed by atoms with E-state index in [1.807, 2.05) is 0 Å². The number of carboxylic acid groups (broad SMARTS) is 1. The van der Waals surface area contributed by atoms with Crippen LogP contribution in [0.1, 0.15) is 15.5 Å². The van der Waals surface area contributed by atoms with Crippen LogP contribution in [-0.2, 0) is 6.42 Å². The third-order valence-corrected chi connectivity index (χ3v) is 3.32. The first-order valence-electron chi connectivity index (χ1n) is 6.00. The van der Waals surface area contributed by atoms with Gasteiger partial charge in [-0.2, -0.15) is 0 Å². The van der Waals surface area contributed by atoms with Crippen LogP contribution in [0.4, 0.5) is 4.79 Å². The number of hydrogen-bond donors (Lipinski definition) is 4. The van der Waals surface area contributed by atoms with Gasteiger partial charge in [0.15, 0.2) is 5.69 Å². The fourth-order valence-electron chi connectivity index (χ4n) is 1.47. The van der Waals surface area contributed by atoms with Crippen molar-refractivity contribution >= 4 is 23.3 Å². The van der Waals surface area contributed by atoms with E-state index in [9.17, 15) is 9.59 Å². The van der Waals surface area contributed by atoms with Crippen LogP contribution in [0.15, 0.2) is 5.38 Å². The molecule has 2 amide bonds. The minimum Gasteiger partial charge on any atom is -0.476 e. The van der Waals surface area contributed by atoms with Gasteiger partial charge in [-0.25, -0.2) is 14.6 Å². The van der Waals surface area contributed by atoms with Crippen LogP contribution >= 0.6 is 11.3 Å². The number of aromatic carboxylic acids is 1. The van der Waals surface area contributed by atoms with Gasteiger partial charge in [-0.3, -0.25) is 0 Å². The van der Waals surface area contributed by atoms with Gasteiger partial charge in [-0.15, -0.1) is 11.3 Å². The maximum absolute atomic E-state index is 11.7. The average molecular weight is 303 g/mol. The Morgan fingerprint density at radius 2 is 1.95 bits per heavy atom. The number of rotatable bonds is 8. The first kappa shape index (κ1) is 16.3. The first-order chi connectivity index (χ1) is 9.58. The van der Waals surface area contributed by atoms with Gasteiger partial charge in [0.2, 0.25) is 0 Å². The summed E-state index contributed by atoms with van der Waals surface area (Å²) in [6.45, 7) is 0.238. The molecule has 1 heterocycles. The van der Waals surface area contributed by atoms with Crippen molar-refractivity contribution in [1.82, 2.24) is 15.2 Å². The van der Waals surface area contributed by atoms with E-state index in [0.29, 0.717) is 18.0 Å². The zero-order chi connectivity index (χ0) is 15.0. The molecule has 112 valence electrons. The summed E-state index contributed by atoms with van der Waals surface area (Å²) in [5, 5.41) is 31.0. The van der Waals surface area contributed by atoms with E-state index >= 15 is 0 Å². The van der Waals surface area contributed by atoms with Crippen LogP contribution < -0.4 is 5.32 Å². The molecule has 0 fully saturated rings. The summed E-state index contributed by atoms with van der Waals surface area (Å²) >= 11 is 1.22. The van der Waals surface area contributed by atoms with Gasteiger partial charge in [0.25, 0.3) is 0 Å². The standard InChI is InChI=1S/C11H17N3O5S/c15-5-3-14(4-6-16)11(19)12-2-1-9-13-8(7-20-9)10(17)18/h7,15-16H,1-6H2,(H,12,19)(H,17,18). The molecule has 0 radical (unpaired) electrons. The Morgan fingerprint density at radius 1 is 1.30 bits per heavy atom. The zero-order valence-electron chi connectivity index (χ0n) is 10.8. The lowest BCUT2D eigenvalue weighted by Gasteiger charge is -2.20. The van der Waals surface area contributed by atoms with Crippen molar-refractivity contribution in [2.24, 2.45) is 0 Å². The van der Waals surface area contributed by atoms with Crippen molar-refractivity contribution < 1.29 is 24.9 Å². The molecule has 4 N–H and O–H groups in total. The highest BCUT2D eigenvalue weighted by Gasteiger charge is 2.12. The maximum Gasteiger partial charge on any atom is 0.355 e. The summed E-state index contributed by atoms with van der Waals surface area (Å²) < 4.78 is 0. The lowest BCUT2D eigenvalue weighted by atomic mass is 10.4. The Hall–Kier alpha value is -1.71. The van der Waals surface area contributed by atoms with Crippen LogP contribution in [0.2, 0.25) is 0 Å². The number of nitrogens with zero attached hydrogens (tertiary/aromatic N) is 2. The minimum atomic E-state index is -1.08. The largest absolute Gasteiger partial charge is 0.476 e. The van der Waals surface area contributed by atoms with E-state index in [1.165, 1.54) is 21.6 Å². The number of amides is 2. The van der Waals surface area contributed by atoms with Crippen molar-refractivity contribution in [2.45, 2.75) is 6.42 Å². The second-order valence-electron chi connectivity index (χ2n) is 3.85. The Morgan fingerprint density at radius 3 is 2.45 bits per heavy atom. The molecule has 0 saturated carbocycles. The van der Waals surface area contributed by atoms with E-state index < -0.39 is 5.97 Å². The van der Waals surface area contributed by atoms with Crippen molar-refractivity contribution in [1.29, 1.82) is 0 Å². The summed E-state index contributed by atoms with van der Waals surface area (Å²) in [5.41, 5.74) is -0.00138. The highest BCUT2D eigenvalue weighted by atomic mass is 32.1. The summed E-state index contributed by atoms with van der Waals surface area (Å²) in [5.74, 6) is -1.08. The number of carboxylic acids is 1. The van der Waals surface area contributed by atoms with Gasteiger partial charge >= 0.3 is 12.0 Å². The summed E-state index contributed by atoms with van der Waals surface area (Å²) in [7, 11) is 0. The van der Waals surface area contributed by atoms with Gasteiger partial charge in [0.1, 0.15) is 0 Å². The van der Waals surface area contributed by atoms with Crippen LogP contribution in [-0.4, -0.2) is 70.1 Å². The average Bonchev–Trinajstić information content (AvgIpc) is 2.87. The second kappa shape index (κ2) is 8.46. The summed E-state index contributed by atoms with van der Waals surface area (Å²) in [6, 6.07) is -0.386. The fourth-order valence-corrected chi connectivity index (χ4v) is 2.24. The van der Waals surface area contributed by atoms with E-state index in [1.54, 1.807) is 0 Å². The van der Waals surface area contributed by atoms with E-state index in [2.05, 4.69) is 10.3 Å². The monoisotopic (exact) mass is 303 g/mol. The van der Waals surface area contributed by atoms with Crippen molar-refractivity contribution in [2.75, 3.05) is 32.8 Å². The lowest BCUT2D eigenvalue weighted by Crippen LogP contribution is -2.43. The number of carbonyl (C=O) groups excluding carboxylic acids is 1. The molecule has 1 aromatic heterocycles. The molecule has 0 aliphatic carbocycles. The molecule has 1 aromatic rings. The summed E-state index contributed by atoms with van der Waals surface area (Å²) in [4.78, 5) is 27.6. The Kier molecular flexibility index (Phi) is 6.91. The van der Waals surface area contributed by atoms with E-state index in [4.69, 9.17) is 15.3 Å². The number of nitrogens with one attached hydrogen (secondary N) is 1. The Labute approximate surface area is 119 Å². The Bertz CT molecular complexity index is 445. The topological polar surface area (TPSA) is 123 Å². The van der Waals surface area contributed by atoms with Crippen molar-refractivity contribution in [3.05, 3.63) is 16.1 Å². The molecule has 20 heavy (non-hydrogen) atoms. The SMILES string of the molecule is O=C(O)c1csc(CCNC(=O)N(CCO)CCO)n1. The van der Waals surface area contributed by atoms with Crippen molar-refractivity contribution in [3.63, 3.8) is 0 Å². The third-order valence-electron chi connectivity index (χ3n) is 2.41. The molecule has 0 aliphatic heterocycles. The van der Waals surface area contributed by atoms with Crippen LogP contribution in [0.25, 0.3) is 0 Å². The maximum atomic E-state index is 11.7. The highest BCUT2D eigenvalue weighted by molar-refractivity contribution is 7.09. The predicted molar refractivity (Wildman–Crippen MR) is 71.9 cm³/mol. The predicted octanol–water partition coefficient (Wildman–Crippen LogP) is -0.620. The quantitative estimate of drug-likeness (QED) is 0.507. The number of thiazole rings is 1. The fraction of sp³-hybridized carbons (Fsp3) is 0.545.